The van der Waals surface area contributed by atoms with E-state index in [-0.39, 0.29) is 17.2 Å². The van der Waals surface area contributed by atoms with Crippen LogP contribution in [0.2, 0.25) is 0 Å². The van der Waals surface area contributed by atoms with Crippen LogP contribution in [0.25, 0.3) is 11.8 Å². The number of phenols is 1. The third-order valence-corrected chi connectivity index (χ3v) is 5.64. The second-order valence-electron chi connectivity index (χ2n) is 7.04. The van der Waals surface area contributed by atoms with E-state index in [2.05, 4.69) is 15.9 Å². The molecular weight excluding hydrogens is 474 g/mol. The fourth-order valence-electron chi connectivity index (χ4n) is 3.48. The molecule has 1 heterocycles. The highest BCUT2D eigenvalue weighted by atomic mass is 79.9. The zero-order chi connectivity index (χ0) is 22.8. The molecule has 0 atom stereocenters. The normalized spacial score (nSPS) is 14.6. The Balaban J connectivity index is 1.83. The van der Waals surface area contributed by atoms with Crippen molar-refractivity contribution in [2.24, 2.45) is 0 Å². The van der Waals surface area contributed by atoms with E-state index >= 15 is 0 Å². The van der Waals surface area contributed by atoms with Gasteiger partial charge in [-0.3, -0.25) is 9.69 Å². The van der Waals surface area contributed by atoms with Crippen molar-refractivity contribution in [2.45, 2.75) is 0 Å². The minimum atomic E-state index is -1.28. The first-order valence-electron chi connectivity index (χ1n) is 9.62. The second-order valence-corrected chi connectivity index (χ2v) is 7.89. The summed E-state index contributed by atoms with van der Waals surface area (Å²) in [4.78, 5) is 26.4. The molecule has 0 bridgehead atoms. The molecule has 2 N–H and O–H groups in total. The Labute approximate surface area is 192 Å². The van der Waals surface area contributed by atoms with Crippen LogP contribution in [0.4, 0.5) is 5.69 Å². The number of hydrogen-bond acceptors (Lipinski definition) is 4. The maximum Gasteiger partial charge on any atom is 0.339 e. The molecule has 1 aliphatic heterocycles. The number of amides is 1. The van der Waals surface area contributed by atoms with Crippen molar-refractivity contribution in [1.82, 2.24) is 0 Å². The van der Waals surface area contributed by atoms with Crippen molar-refractivity contribution in [3.63, 3.8) is 0 Å². The van der Waals surface area contributed by atoms with Crippen molar-refractivity contribution in [2.75, 3.05) is 12.0 Å². The average Bonchev–Trinajstić information content (AvgIpc) is 3.10. The van der Waals surface area contributed by atoms with Gasteiger partial charge in [-0.2, -0.15) is 0 Å². The Morgan fingerprint density at radius 2 is 1.81 bits per heavy atom. The van der Waals surface area contributed by atoms with Crippen LogP contribution >= 0.6 is 15.9 Å². The van der Waals surface area contributed by atoms with Gasteiger partial charge >= 0.3 is 5.97 Å². The largest absolute Gasteiger partial charge is 0.507 e. The van der Waals surface area contributed by atoms with Crippen LogP contribution in [-0.4, -0.2) is 29.2 Å². The number of rotatable bonds is 5. The molecule has 3 aromatic rings. The Kier molecular flexibility index (Phi) is 5.83. The third kappa shape index (κ3) is 4.02. The zero-order valence-corrected chi connectivity index (χ0v) is 18.5. The van der Waals surface area contributed by atoms with E-state index in [1.807, 2.05) is 42.5 Å². The number of aromatic carboxylic acids is 1. The maximum atomic E-state index is 13.4. The van der Waals surface area contributed by atoms with E-state index in [0.717, 1.165) is 15.6 Å². The minimum Gasteiger partial charge on any atom is -0.507 e. The number of nitrogens with zero attached hydrogens (tertiary/aromatic N) is 1. The predicted octanol–water partition coefficient (Wildman–Crippen LogP) is 5.33. The Bertz CT molecular complexity index is 1280. The Hall–Kier alpha value is -3.84. The lowest BCUT2D eigenvalue weighted by atomic mass is 10.1. The number of carbonyl (C=O) groups excluding carboxylic acids is 1. The first-order valence-corrected chi connectivity index (χ1v) is 10.4. The molecule has 4 rings (SSSR count). The van der Waals surface area contributed by atoms with E-state index < -0.39 is 5.97 Å². The zero-order valence-electron chi connectivity index (χ0n) is 16.9. The van der Waals surface area contributed by atoms with Gasteiger partial charge in [-0.15, -0.1) is 0 Å². The van der Waals surface area contributed by atoms with E-state index in [4.69, 9.17) is 4.74 Å². The standard InChI is InChI=1S/C25H18BrNO5/c1-32-23-10-7-15(12-20(23)26)11-17-13-21(16-5-3-2-4-6-16)27(24(17)29)18-8-9-22(28)19(14-18)25(30)31/h2-14,28H,1H3,(H,30,31)/b17-11+. The van der Waals surface area contributed by atoms with Gasteiger partial charge in [-0.1, -0.05) is 36.4 Å². The van der Waals surface area contributed by atoms with Gasteiger partial charge in [-0.05, 0) is 69.5 Å². The van der Waals surface area contributed by atoms with Crippen LogP contribution in [0.3, 0.4) is 0 Å². The van der Waals surface area contributed by atoms with Crippen LogP contribution in [0.15, 0.2) is 82.9 Å². The molecule has 0 unspecified atom stereocenters. The number of benzene rings is 3. The highest BCUT2D eigenvalue weighted by Crippen LogP contribution is 2.37. The first kappa shape index (κ1) is 21.4. The number of carboxylic acid groups (broad SMARTS) is 1. The minimum absolute atomic E-state index is 0.278. The predicted molar refractivity (Wildman–Crippen MR) is 126 cm³/mol. The van der Waals surface area contributed by atoms with Gasteiger partial charge in [-0.25, -0.2) is 4.79 Å². The SMILES string of the molecule is COc1ccc(/C=C2\C=C(c3ccccc3)N(c3ccc(O)c(C(=O)O)c3)C2=O)cc1Br. The molecule has 1 aliphatic rings. The van der Waals surface area contributed by atoms with E-state index in [0.29, 0.717) is 22.7 Å². The molecule has 0 aromatic heterocycles. The van der Waals surface area contributed by atoms with Gasteiger partial charge in [0.25, 0.3) is 5.91 Å². The van der Waals surface area contributed by atoms with Crippen molar-refractivity contribution in [1.29, 1.82) is 0 Å². The number of carboxylic acids is 1. The first-order chi connectivity index (χ1) is 15.4. The summed E-state index contributed by atoms with van der Waals surface area (Å²) in [6, 6.07) is 18.9. The Morgan fingerprint density at radius 1 is 1.06 bits per heavy atom. The smallest absolute Gasteiger partial charge is 0.339 e. The van der Waals surface area contributed by atoms with Crippen molar-refractivity contribution < 1.29 is 24.5 Å². The number of methoxy groups -OCH3 is 1. The number of hydrogen-bond donors (Lipinski definition) is 2. The van der Waals surface area contributed by atoms with Crippen LogP contribution in [0, 0.1) is 0 Å². The highest BCUT2D eigenvalue weighted by molar-refractivity contribution is 9.10. The molecular formula is C25H18BrNO5. The third-order valence-electron chi connectivity index (χ3n) is 5.02. The van der Waals surface area contributed by atoms with Gasteiger partial charge in [0.1, 0.15) is 17.1 Å². The molecule has 0 spiro atoms. The molecule has 32 heavy (non-hydrogen) atoms. The lowest BCUT2D eigenvalue weighted by Crippen LogP contribution is -2.25. The molecule has 0 aliphatic carbocycles. The Morgan fingerprint density at radius 3 is 2.47 bits per heavy atom. The lowest BCUT2D eigenvalue weighted by molar-refractivity contribution is -0.113. The summed E-state index contributed by atoms with van der Waals surface area (Å²) in [5.41, 5.74) is 2.70. The van der Waals surface area contributed by atoms with Crippen LogP contribution < -0.4 is 9.64 Å². The quantitative estimate of drug-likeness (QED) is 0.470. The average molecular weight is 492 g/mol. The summed E-state index contributed by atoms with van der Waals surface area (Å²) in [7, 11) is 1.58. The lowest BCUT2D eigenvalue weighted by Gasteiger charge is -2.21. The molecule has 1 amide bonds. The summed E-state index contributed by atoms with van der Waals surface area (Å²) in [6.45, 7) is 0. The molecule has 7 heteroatoms. The summed E-state index contributed by atoms with van der Waals surface area (Å²) < 4.78 is 6.02. The summed E-state index contributed by atoms with van der Waals surface area (Å²) in [5.74, 6) is -1.27. The van der Waals surface area contributed by atoms with Crippen LogP contribution in [0.1, 0.15) is 21.5 Å². The molecule has 6 nitrogen and oxygen atoms in total. The van der Waals surface area contributed by atoms with Crippen LogP contribution in [0.5, 0.6) is 11.5 Å². The van der Waals surface area contributed by atoms with Crippen LogP contribution in [-0.2, 0) is 4.79 Å². The van der Waals surface area contributed by atoms with Crippen molar-refractivity contribution in [3.05, 3.63) is 99.5 Å². The number of ether oxygens (including phenoxy) is 1. The number of anilines is 1. The number of halogens is 1. The number of aromatic hydroxyl groups is 1. The molecule has 0 radical (unpaired) electrons. The summed E-state index contributed by atoms with van der Waals surface area (Å²) in [6.07, 6.45) is 3.52. The highest BCUT2D eigenvalue weighted by Gasteiger charge is 2.31. The van der Waals surface area contributed by atoms with E-state index in [9.17, 15) is 19.8 Å². The van der Waals surface area contributed by atoms with E-state index in [1.54, 1.807) is 25.3 Å². The van der Waals surface area contributed by atoms with Gasteiger partial charge in [0.15, 0.2) is 0 Å². The van der Waals surface area contributed by atoms with Gasteiger partial charge in [0.05, 0.1) is 23.0 Å². The van der Waals surface area contributed by atoms with Crippen molar-refractivity contribution >= 4 is 45.3 Å². The molecule has 0 saturated heterocycles. The number of carbonyl (C=O) groups is 2. The van der Waals surface area contributed by atoms with Crippen molar-refractivity contribution in [3.8, 4) is 11.5 Å². The summed E-state index contributed by atoms with van der Waals surface area (Å²) in [5, 5.41) is 19.3. The van der Waals surface area contributed by atoms with Gasteiger partial charge in [0.2, 0.25) is 0 Å². The molecule has 0 fully saturated rings. The topological polar surface area (TPSA) is 87.1 Å². The monoisotopic (exact) mass is 491 g/mol. The van der Waals surface area contributed by atoms with Gasteiger partial charge < -0.3 is 14.9 Å². The van der Waals surface area contributed by atoms with E-state index in [1.165, 1.54) is 23.1 Å². The second kappa shape index (κ2) is 8.72. The molecule has 0 saturated carbocycles. The maximum absolute atomic E-state index is 13.4. The summed E-state index contributed by atoms with van der Waals surface area (Å²) >= 11 is 3.45. The molecule has 160 valence electrons. The fourth-order valence-corrected chi connectivity index (χ4v) is 4.04. The molecule has 3 aromatic carbocycles. The van der Waals surface area contributed by atoms with Gasteiger partial charge in [0, 0.05) is 5.57 Å². The fraction of sp³-hybridized carbons (Fsp3) is 0.0400.